The largest absolute Gasteiger partial charge is 0.492 e. The summed E-state index contributed by atoms with van der Waals surface area (Å²) in [5, 5.41) is 4.55. The predicted octanol–water partition coefficient (Wildman–Crippen LogP) is 5.08. The molecule has 0 atom stereocenters. The van der Waals surface area contributed by atoms with Crippen LogP contribution in [-0.4, -0.2) is 33.2 Å². The number of hydrazone groups is 1. The molecule has 1 N–H and O–H groups in total. The number of sulfonamides is 1. The Morgan fingerprint density at radius 2 is 1.79 bits per heavy atom. The maximum atomic E-state index is 13.5. The Balaban J connectivity index is 1.93. The van der Waals surface area contributed by atoms with Gasteiger partial charge in [-0.25, -0.2) is 13.8 Å². The van der Waals surface area contributed by atoms with Crippen molar-refractivity contribution in [2.45, 2.75) is 18.7 Å². The molecule has 0 aromatic heterocycles. The van der Waals surface area contributed by atoms with Crippen molar-refractivity contribution in [2.75, 3.05) is 17.5 Å². The number of carbonyl (C=O) groups is 1. The van der Waals surface area contributed by atoms with E-state index in [1.165, 1.54) is 24.3 Å². The van der Waals surface area contributed by atoms with E-state index in [0.29, 0.717) is 23.1 Å². The average molecular weight is 612 g/mol. The molecule has 0 aliphatic heterocycles. The van der Waals surface area contributed by atoms with Gasteiger partial charge in [0.25, 0.3) is 15.9 Å². The van der Waals surface area contributed by atoms with Gasteiger partial charge in [0, 0.05) is 8.59 Å². The van der Waals surface area contributed by atoms with Crippen LogP contribution in [0.4, 0.5) is 5.69 Å². The molecule has 0 fully saturated rings. The maximum Gasteiger partial charge on any atom is 0.264 e. The second kappa shape index (κ2) is 11.7. The number of para-hydroxylation sites is 2. The van der Waals surface area contributed by atoms with Crippen LogP contribution in [0, 0.1) is 3.57 Å². The van der Waals surface area contributed by atoms with Crippen LogP contribution in [0.1, 0.15) is 19.4 Å². The normalized spacial score (nSPS) is 11.7. The van der Waals surface area contributed by atoms with Crippen molar-refractivity contribution in [1.82, 2.24) is 5.43 Å². The lowest BCUT2D eigenvalue weighted by atomic mass is 10.1. The number of nitrogens with zero attached hydrogens (tertiary/aromatic N) is 2. The van der Waals surface area contributed by atoms with Crippen LogP contribution in [0.25, 0.3) is 0 Å². The molecule has 7 nitrogen and oxygen atoms in total. The van der Waals surface area contributed by atoms with Gasteiger partial charge in [0.05, 0.1) is 22.9 Å². The lowest BCUT2D eigenvalue weighted by molar-refractivity contribution is -0.119. The highest BCUT2D eigenvalue weighted by Crippen LogP contribution is 2.32. The first kappa shape index (κ1) is 26.0. The molecule has 34 heavy (non-hydrogen) atoms. The quantitative estimate of drug-likeness (QED) is 0.208. The molecule has 0 radical (unpaired) electrons. The molecule has 0 bridgehead atoms. The van der Waals surface area contributed by atoms with Gasteiger partial charge in [-0.1, -0.05) is 35.9 Å². The maximum absolute atomic E-state index is 13.5. The monoisotopic (exact) mass is 611 g/mol. The molecule has 1 amide bonds. The van der Waals surface area contributed by atoms with E-state index < -0.39 is 22.5 Å². The molecule has 0 aliphatic carbocycles. The van der Waals surface area contributed by atoms with Gasteiger partial charge in [0.15, 0.2) is 0 Å². The lowest BCUT2D eigenvalue weighted by Gasteiger charge is -2.25. The smallest absolute Gasteiger partial charge is 0.264 e. The van der Waals surface area contributed by atoms with E-state index in [1.807, 2.05) is 24.3 Å². The number of rotatable bonds is 9. The third-order valence-electron chi connectivity index (χ3n) is 4.71. The number of hydrogen-bond donors (Lipinski definition) is 1. The molecular weight excluding hydrogens is 589 g/mol. The summed E-state index contributed by atoms with van der Waals surface area (Å²) in [7, 11) is -4.12. The fraction of sp³-hybridized carbons (Fsp3) is 0.167. The van der Waals surface area contributed by atoms with Crippen LogP contribution in [-0.2, 0) is 14.8 Å². The van der Waals surface area contributed by atoms with E-state index in [9.17, 15) is 13.2 Å². The summed E-state index contributed by atoms with van der Waals surface area (Å²) in [6.45, 7) is 3.39. The van der Waals surface area contributed by atoms with Gasteiger partial charge in [0.2, 0.25) is 0 Å². The molecule has 10 heteroatoms. The van der Waals surface area contributed by atoms with Crippen LogP contribution < -0.4 is 14.5 Å². The van der Waals surface area contributed by atoms with Crippen LogP contribution in [0.3, 0.4) is 0 Å². The van der Waals surface area contributed by atoms with Crippen molar-refractivity contribution < 1.29 is 17.9 Å². The zero-order chi connectivity index (χ0) is 24.7. The van der Waals surface area contributed by atoms with Gasteiger partial charge >= 0.3 is 0 Å². The van der Waals surface area contributed by atoms with Crippen molar-refractivity contribution in [1.29, 1.82) is 0 Å². The first-order valence-corrected chi connectivity index (χ1v) is 13.2. The summed E-state index contributed by atoms with van der Waals surface area (Å²) in [6, 6.07) is 20.1. The molecule has 178 valence electrons. The highest BCUT2D eigenvalue weighted by Gasteiger charge is 2.29. The summed E-state index contributed by atoms with van der Waals surface area (Å²) in [4.78, 5) is 12.8. The first-order chi connectivity index (χ1) is 16.2. The minimum absolute atomic E-state index is 0.00505. The zero-order valence-electron chi connectivity index (χ0n) is 18.5. The van der Waals surface area contributed by atoms with Gasteiger partial charge in [-0.15, -0.1) is 0 Å². The van der Waals surface area contributed by atoms with Gasteiger partial charge in [-0.05, 0) is 90.5 Å². The molecule has 3 aromatic rings. The van der Waals surface area contributed by atoms with E-state index in [1.54, 1.807) is 38.1 Å². The van der Waals surface area contributed by atoms with E-state index in [-0.39, 0.29) is 10.6 Å². The standard InChI is InChI=1S/C24H23ClIN3O4S/c1-3-33-23-10-5-4-9-22(23)29(34(31,32)21-13-11-19(25)12-14-21)16-24(30)28-27-17(2)18-7-6-8-20(26)15-18/h4-15H,3,16H2,1-2H3,(H,28,30)/b27-17-. The Kier molecular flexibility index (Phi) is 8.92. The fourth-order valence-corrected chi connectivity index (χ4v) is 5.16. The van der Waals surface area contributed by atoms with Gasteiger partial charge in [0.1, 0.15) is 12.3 Å². The zero-order valence-corrected chi connectivity index (χ0v) is 22.3. The minimum Gasteiger partial charge on any atom is -0.492 e. The summed E-state index contributed by atoms with van der Waals surface area (Å²) >= 11 is 8.13. The molecule has 0 saturated heterocycles. The third-order valence-corrected chi connectivity index (χ3v) is 7.41. The van der Waals surface area contributed by atoms with Crippen LogP contribution >= 0.6 is 34.2 Å². The SMILES string of the molecule is CCOc1ccccc1N(CC(=O)N/N=C(/C)c1cccc(I)c1)S(=O)(=O)c1ccc(Cl)cc1. The number of halogens is 2. The fourth-order valence-electron chi connectivity index (χ4n) is 3.06. The lowest BCUT2D eigenvalue weighted by Crippen LogP contribution is -2.40. The molecule has 3 aromatic carbocycles. The summed E-state index contributed by atoms with van der Waals surface area (Å²) in [5.74, 6) is -0.261. The third kappa shape index (κ3) is 6.49. The van der Waals surface area contributed by atoms with Gasteiger partial charge in [-0.2, -0.15) is 5.10 Å². The predicted molar refractivity (Wildman–Crippen MR) is 143 cm³/mol. The van der Waals surface area contributed by atoms with E-state index >= 15 is 0 Å². The summed E-state index contributed by atoms with van der Waals surface area (Å²) < 4.78 is 34.8. The number of carbonyl (C=O) groups excluding carboxylic acids is 1. The topological polar surface area (TPSA) is 88.1 Å². The van der Waals surface area contributed by atoms with Gasteiger partial charge < -0.3 is 4.74 Å². The van der Waals surface area contributed by atoms with Crippen molar-refractivity contribution >= 4 is 61.5 Å². The first-order valence-electron chi connectivity index (χ1n) is 10.3. The second-order valence-corrected chi connectivity index (χ2v) is 10.7. The Hall–Kier alpha value is -2.63. The Bertz CT molecular complexity index is 1300. The number of hydrogen-bond acceptors (Lipinski definition) is 5. The Labute approximate surface area is 218 Å². The molecule has 0 saturated carbocycles. The van der Waals surface area contributed by atoms with Crippen molar-refractivity contribution in [3.8, 4) is 5.75 Å². The van der Waals surface area contributed by atoms with E-state index in [2.05, 4.69) is 33.1 Å². The Morgan fingerprint density at radius 3 is 2.47 bits per heavy atom. The molecule has 0 unspecified atom stereocenters. The number of nitrogens with one attached hydrogen (secondary N) is 1. The molecule has 0 spiro atoms. The van der Waals surface area contributed by atoms with Gasteiger partial charge in [-0.3, -0.25) is 9.10 Å². The molecule has 0 heterocycles. The molecule has 0 aliphatic rings. The van der Waals surface area contributed by atoms with Crippen molar-refractivity contribution in [2.24, 2.45) is 5.10 Å². The molecular formula is C24H23ClIN3O4S. The highest BCUT2D eigenvalue weighted by molar-refractivity contribution is 14.1. The summed E-state index contributed by atoms with van der Waals surface area (Å²) in [5.41, 5.74) is 4.14. The number of anilines is 1. The van der Waals surface area contributed by atoms with Crippen molar-refractivity contribution in [3.63, 3.8) is 0 Å². The van der Waals surface area contributed by atoms with Crippen LogP contribution in [0.2, 0.25) is 5.02 Å². The number of amides is 1. The van der Waals surface area contributed by atoms with E-state index in [0.717, 1.165) is 13.4 Å². The van der Waals surface area contributed by atoms with Crippen molar-refractivity contribution in [3.05, 3.63) is 87.0 Å². The summed E-state index contributed by atoms with van der Waals surface area (Å²) in [6.07, 6.45) is 0. The van der Waals surface area contributed by atoms with Crippen LogP contribution in [0.15, 0.2) is 82.8 Å². The second-order valence-electron chi connectivity index (χ2n) is 7.11. The Morgan fingerprint density at radius 1 is 1.09 bits per heavy atom. The average Bonchev–Trinajstić information content (AvgIpc) is 2.82. The number of benzene rings is 3. The van der Waals surface area contributed by atoms with Crippen LogP contribution in [0.5, 0.6) is 5.75 Å². The van der Waals surface area contributed by atoms with E-state index in [4.69, 9.17) is 16.3 Å². The minimum atomic E-state index is -4.12. The molecule has 3 rings (SSSR count). The number of ether oxygens (including phenoxy) is 1. The highest BCUT2D eigenvalue weighted by atomic mass is 127.